The molecule has 15 heavy (non-hydrogen) atoms. The van der Waals surface area contributed by atoms with Gasteiger partial charge in [0.1, 0.15) is 0 Å². The molecule has 0 radical (unpaired) electrons. The van der Waals surface area contributed by atoms with Gasteiger partial charge in [0.05, 0.1) is 28.7 Å². The summed E-state index contributed by atoms with van der Waals surface area (Å²) in [5.41, 5.74) is 0.0933. The highest BCUT2D eigenvalue weighted by molar-refractivity contribution is 5.90. The first-order valence-corrected chi connectivity index (χ1v) is 4.33. The van der Waals surface area contributed by atoms with E-state index in [1.54, 1.807) is 6.08 Å². The van der Waals surface area contributed by atoms with Crippen molar-refractivity contribution in [1.82, 2.24) is 5.32 Å². The molecule has 78 valence electrons. The largest absolute Gasteiger partial charge is 0.478 e. The molecule has 0 amide bonds. The summed E-state index contributed by atoms with van der Waals surface area (Å²) < 4.78 is 0. The molecule has 1 aliphatic heterocycles. The van der Waals surface area contributed by atoms with Crippen molar-refractivity contribution in [2.75, 3.05) is 0 Å². The van der Waals surface area contributed by atoms with Crippen LogP contribution in [-0.2, 0) is 4.79 Å². The van der Waals surface area contributed by atoms with E-state index in [2.05, 4.69) is 5.32 Å². The molecule has 6 heteroatoms. The second-order valence-electron chi connectivity index (χ2n) is 3.33. The molecule has 0 aromatic rings. The predicted molar refractivity (Wildman–Crippen MR) is 50.3 cm³/mol. The van der Waals surface area contributed by atoms with E-state index in [9.17, 15) is 14.9 Å². The molecular formula is C9H8N2O4. The molecule has 0 spiro atoms. The van der Waals surface area contributed by atoms with Crippen molar-refractivity contribution in [2.45, 2.75) is 6.04 Å². The first-order valence-electron chi connectivity index (χ1n) is 4.33. The minimum absolute atomic E-state index is 0.00287. The molecule has 6 nitrogen and oxygen atoms in total. The molecule has 0 saturated carbocycles. The molecule has 0 bridgehead atoms. The number of carbonyl (C=O) groups is 1. The molecule has 1 aliphatic carbocycles. The number of carboxylic acids is 1. The van der Waals surface area contributed by atoms with Gasteiger partial charge in [-0.3, -0.25) is 10.1 Å². The Morgan fingerprint density at radius 2 is 2.33 bits per heavy atom. The molecule has 2 N–H and O–H groups in total. The number of nitrogens with one attached hydrogen (secondary N) is 1. The number of aliphatic carboxylic acids is 1. The van der Waals surface area contributed by atoms with Crippen molar-refractivity contribution < 1.29 is 14.8 Å². The summed E-state index contributed by atoms with van der Waals surface area (Å²) in [5.74, 6) is -1.56. The number of nitro groups is 1. The Kier molecular flexibility index (Phi) is 2.03. The molecule has 2 unspecified atom stereocenters. The Labute approximate surface area is 84.7 Å². The van der Waals surface area contributed by atoms with Gasteiger partial charge in [0, 0.05) is 0 Å². The van der Waals surface area contributed by atoms with Crippen molar-refractivity contribution in [1.29, 1.82) is 0 Å². The van der Waals surface area contributed by atoms with Gasteiger partial charge in [0.25, 0.3) is 5.70 Å². The van der Waals surface area contributed by atoms with Crippen LogP contribution < -0.4 is 5.32 Å². The van der Waals surface area contributed by atoms with Gasteiger partial charge >= 0.3 is 5.97 Å². The van der Waals surface area contributed by atoms with Crippen molar-refractivity contribution in [3.8, 4) is 0 Å². The van der Waals surface area contributed by atoms with Gasteiger partial charge in [-0.25, -0.2) is 4.79 Å². The van der Waals surface area contributed by atoms with Crippen LogP contribution in [0, 0.1) is 16.0 Å². The fraction of sp³-hybridized carbons (Fsp3) is 0.222. The van der Waals surface area contributed by atoms with E-state index in [1.165, 1.54) is 18.4 Å². The van der Waals surface area contributed by atoms with Crippen molar-refractivity contribution >= 4 is 5.97 Å². The van der Waals surface area contributed by atoms with Gasteiger partial charge in [-0.2, -0.15) is 0 Å². The van der Waals surface area contributed by atoms with Crippen LogP contribution in [0.25, 0.3) is 0 Å². The highest BCUT2D eigenvalue weighted by Crippen LogP contribution is 2.28. The molecule has 2 rings (SSSR count). The van der Waals surface area contributed by atoms with Gasteiger partial charge in [-0.05, 0) is 6.08 Å². The SMILES string of the molecule is O=C(O)C1=CC2C([N+](=O)[O-])=CNC2C=C1. The second kappa shape index (κ2) is 3.23. The summed E-state index contributed by atoms with van der Waals surface area (Å²) in [6.07, 6.45) is 5.80. The fourth-order valence-electron chi connectivity index (χ4n) is 1.70. The zero-order valence-electron chi connectivity index (χ0n) is 7.58. The van der Waals surface area contributed by atoms with E-state index >= 15 is 0 Å². The van der Waals surface area contributed by atoms with Gasteiger partial charge in [-0.15, -0.1) is 0 Å². The van der Waals surface area contributed by atoms with E-state index in [0.29, 0.717) is 0 Å². The maximum absolute atomic E-state index is 10.7. The van der Waals surface area contributed by atoms with Crippen LogP contribution in [0.3, 0.4) is 0 Å². The zero-order valence-corrected chi connectivity index (χ0v) is 7.58. The normalized spacial score (nSPS) is 27.5. The lowest BCUT2D eigenvalue weighted by atomic mass is 9.91. The number of fused-ring (bicyclic) bond motifs is 1. The first kappa shape index (κ1) is 9.45. The van der Waals surface area contributed by atoms with Crippen LogP contribution in [0.15, 0.2) is 35.7 Å². The van der Waals surface area contributed by atoms with Crippen LogP contribution in [0.2, 0.25) is 0 Å². The third-order valence-electron chi connectivity index (χ3n) is 2.45. The number of carboxylic acid groups (broad SMARTS) is 1. The molecule has 0 fully saturated rings. The van der Waals surface area contributed by atoms with Crippen molar-refractivity contribution in [3.05, 3.63) is 45.8 Å². The van der Waals surface area contributed by atoms with Crippen molar-refractivity contribution in [2.24, 2.45) is 5.92 Å². The minimum atomic E-state index is -1.07. The van der Waals surface area contributed by atoms with Gasteiger partial charge in [0.2, 0.25) is 0 Å². The molecule has 2 aliphatic rings. The van der Waals surface area contributed by atoms with Crippen LogP contribution in [0.1, 0.15) is 0 Å². The lowest BCUT2D eigenvalue weighted by molar-refractivity contribution is -0.431. The van der Waals surface area contributed by atoms with Gasteiger partial charge in [0.15, 0.2) is 0 Å². The Balaban J connectivity index is 2.31. The lowest BCUT2D eigenvalue weighted by Gasteiger charge is -2.16. The third kappa shape index (κ3) is 1.50. The molecular weight excluding hydrogens is 200 g/mol. The average Bonchev–Trinajstić information content (AvgIpc) is 2.59. The smallest absolute Gasteiger partial charge is 0.335 e. The van der Waals surface area contributed by atoms with E-state index in [4.69, 9.17) is 5.11 Å². The summed E-state index contributed by atoms with van der Waals surface area (Å²) in [6.45, 7) is 0. The summed E-state index contributed by atoms with van der Waals surface area (Å²) in [7, 11) is 0. The number of nitrogens with zero attached hydrogens (tertiary/aromatic N) is 1. The monoisotopic (exact) mass is 208 g/mol. The number of hydrogen-bond donors (Lipinski definition) is 2. The van der Waals surface area contributed by atoms with E-state index in [1.807, 2.05) is 0 Å². The number of hydrogen-bond acceptors (Lipinski definition) is 4. The van der Waals surface area contributed by atoms with Gasteiger partial charge < -0.3 is 10.4 Å². The Morgan fingerprint density at radius 1 is 1.60 bits per heavy atom. The molecule has 2 atom stereocenters. The van der Waals surface area contributed by atoms with Gasteiger partial charge in [-0.1, -0.05) is 12.2 Å². The molecule has 0 saturated heterocycles. The quantitative estimate of drug-likeness (QED) is 0.502. The average molecular weight is 208 g/mol. The van der Waals surface area contributed by atoms with Crippen LogP contribution in [0.5, 0.6) is 0 Å². The first-order chi connectivity index (χ1) is 7.09. The molecule has 0 aromatic carbocycles. The van der Waals surface area contributed by atoms with Crippen LogP contribution in [0.4, 0.5) is 0 Å². The van der Waals surface area contributed by atoms with Crippen LogP contribution >= 0.6 is 0 Å². The fourth-order valence-corrected chi connectivity index (χ4v) is 1.70. The summed E-state index contributed by atoms with van der Waals surface area (Å²) in [5, 5.41) is 22.2. The third-order valence-corrected chi connectivity index (χ3v) is 2.45. The highest BCUT2D eigenvalue weighted by atomic mass is 16.6. The standard InChI is InChI=1S/C9H8N2O4/c12-9(13)5-1-2-7-6(3-5)8(4-10-7)11(14)15/h1-4,6-7,10H,(H,12,13). The van der Waals surface area contributed by atoms with E-state index in [-0.39, 0.29) is 17.3 Å². The maximum Gasteiger partial charge on any atom is 0.335 e. The lowest BCUT2D eigenvalue weighted by Crippen LogP contribution is -2.28. The van der Waals surface area contributed by atoms with E-state index in [0.717, 1.165) is 0 Å². The maximum atomic E-state index is 10.7. The zero-order chi connectivity index (χ0) is 11.0. The van der Waals surface area contributed by atoms with Crippen LogP contribution in [-0.4, -0.2) is 22.0 Å². The summed E-state index contributed by atoms with van der Waals surface area (Å²) >= 11 is 0. The number of rotatable bonds is 2. The molecule has 0 aromatic heterocycles. The Morgan fingerprint density at radius 3 is 2.93 bits per heavy atom. The second-order valence-corrected chi connectivity index (χ2v) is 3.33. The van der Waals surface area contributed by atoms with Crippen molar-refractivity contribution in [3.63, 3.8) is 0 Å². The summed E-state index contributed by atoms with van der Waals surface area (Å²) in [6, 6.07) is -0.200. The topological polar surface area (TPSA) is 92.5 Å². The Bertz CT molecular complexity index is 422. The molecule has 1 heterocycles. The highest BCUT2D eigenvalue weighted by Gasteiger charge is 2.37. The Hall–Kier alpha value is -2.11. The van der Waals surface area contributed by atoms with E-state index < -0.39 is 16.8 Å². The summed E-state index contributed by atoms with van der Waals surface area (Å²) in [4.78, 5) is 20.8. The minimum Gasteiger partial charge on any atom is -0.478 e. The predicted octanol–water partition coefficient (Wildman–Crippen LogP) is 0.273.